The average Bonchev–Trinajstić information content (AvgIpc) is 3.17. The van der Waals surface area contributed by atoms with Crippen LogP contribution in [-0.2, 0) is 0 Å². The number of allylic oxidation sites excluding steroid dienone is 4. The molecule has 0 aromatic rings. The molecule has 3 fully saturated rings. The van der Waals surface area contributed by atoms with E-state index in [1.807, 2.05) is 6.08 Å². The summed E-state index contributed by atoms with van der Waals surface area (Å²) < 4.78 is 52.7. The van der Waals surface area contributed by atoms with Crippen molar-refractivity contribution in [1.29, 1.82) is 0 Å². The molecule has 0 spiro atoms. The molecule has 8 heteroatoms. The van der Waals surface area contributed by atoms with Gasteiger partial charge >= 0.3 is 12.0 Å². The Morgan fingerprint density at radius 1 is 1.02 bits per heavy atom. The molecule has 3 saturated carbocycles. The predicted octanol–water partition coefficient (Wildman–Crippen LogP) is 7.24. The van der Waals surface area contributed by atoms with E-state index >= 15 is 0 Å². The van der Waals surface area contributed by atoms with E-state index in [-0.39, 0.29) is 29.7 Å². The fraction of sp³-hybridized carbons (Fsp3) is 0.750. The zero-order valence-electron chi connectivity index (χ0n) is 24.4. The lowest BCUT2D eigenvalue weighted by atomic mass is 9.55. The van der Waals surface area contributed by atoms with Crippen molar-refractivity contribution in [2.75, 3.05) is 0 Å². The number of halogens is 4. The Kier molecular flexibility index (Phi) is 9.93. The van der Waals surface area contributed by atoms with Crippen LogP contribution in [0.15, 0.2) is 47.6 Å². The Morgan fingerprint density at radius 3 is 2.33 bits per heavy atom. The molecule has 0 aromatic heterocycles. The van der Waals surface area contributed by atoms with Gasteiger partial charge in [0.15, 0.2) is 0 Å². The van der Waals surface area contributed by atoms with Gasteiger partial charge in [-0.1, -0.05) is 50.6 Å². The molecule has 0 aliphatic heterocycles. The number of alkyl halides is 4. The van der Waals surface area contributed by atoms with Crippen LogP contribution < -0.4 is 0 Å². The summed E-state index contributed by atoms with van der Waals surface area (Å²) in [6.07, 6.45) is 6.20. The predicted molar refractivity (Wildman–Crippen MR) is 149 cm³/mol. The standard InChI is InChI=1S/C32H48F4O4/c1-21-23(19-24(37)20-26(21)38)11-10-22-9-6-17-30(5)25(22)12-13-27(30)29(4,15-7-14-28(2,3)39)16-8-18-31(33,40)32(34,35)36/h8,10-11,18,24-27,37-40H,1,6-7,9,12-17,19-20H2,2-5H3/t24-,25?,26+,27?,29-,30+,31?/m1/s1. The van der Waals surface area contributed by atoms with Gasteiger partial charge in [-0.05, 0) is 112 Å². The first-order valence-electron chi connectivity index (χ1n) is 14.6. The Labute approximate surface area is 236 Å². The smallest absolute Gasteiger partial charge is 0.393 e. The molecule has 3 unspecified atom stereocenters. The second kappa shape index (κ2) is 12.0. The van der Waals surface area contributed by atoms with Crippen LogP contribution in [0.3, 0.4) is 0 Å². The van der Waals surface area contributed by atoms with Gasteiger partial charge in [0.25, 0.3) is 0 Å². The zero-order valence-corrected chi connectivity index (χ0v) is 24.4. The third kappa shape index (κ3) is 7.47. The van der Waals surface area contributed by atoms with Gasteiger partial charge < -0.3 is 20.4 Å². The van der Waals surface area contributed by atoms with Crippen LogP contribution in [0.1, 0.15) is 98.3 Å². The van der Waals surface area contributed by atoms with Gasteiger partial charge in [-0.2, -0.15) is 17.6 Å². The van der Waals surface area contributed by atoms with E-state index in [9.17, 15) is 38.0 Å². The maximum absolute atomic E-state index is 13.9. The number of aliphatic hydroxyl groups excluding tert-OH is 2. The molecule has 0 radical (unpaired) electrons. The quantitative estimate of drug-likeness (QED) is 0.173. The molecule has 40 heavy (non-hydrogen) atoms. The molecule has 4 N–H and O–H groups in total. The highest BCUT2D eigenvalue weighted by Gasteiger charge is 2.56. The van der Waals surface area contributed by atoms with E-state index in [1.165, 1.54) is 5.57 Å². The summed E-state index contributed by atoms with van der Waals surface area (Å²) >= 11 is 0. The molecule has 228 valence electrons. The largest absolute Gasteiger partial charge is 0.452 e. The number of hydrogen-bond acceptors (Lipinski definition) is 4. The van der Waals surface area contributed by atoms with Crippen LogP contribution in [-0.4, -0.2) is 50.3 Å². The molecule has 3 rings (SSSR count). The Balaban J connectivity index is 1.88. The van der Waals surface area contributed by atoms with Crippen molar-refractivity contribution in [3.63, 3.8) is 0 Å². The first-order valence-corrected chi connectivity index (χ1v) is 14.6. The Bertz CT molecular complexity index is 1010. The minimum atomic E-state index is -5.40. The molecular formula is C32H48F4O4. The summed E-state index contributed by atoms with van der Waals surface area (Å²) in [5.41, 5.74) is 1.36. The van der Waals surface area contributed by atoms with E-state index in [0.29, 0.717) is 37.7 Å². The summed E-state index contributed by atoms with van der Waals surface area (Å²) in [7, 11) is 0. The lowest BCUT2D eigenvalue weighted by Crippen LogP contribution is -2.42. The maximum Gasteiger partial charge on any atom is 0.452 e. The van der Waals surface area contributed by atoms with Crippen LogP contribution in [0.2, 0.25) is 0 Å². The third-order valence-corrected chi connectivity index (χ3v) is 9.93. The number of aliphatic hydroxyl groups is 4. The van der Waals surface area contributed by atoms with Gasteiger partial charge in [0.2, 0.25) is 0 Å². The van der Waals surface area contributed by atoms with Gasteiger partial charge in [-0.25, -0.2) is 0 Å². The lowest BCUT2D eigenvalue weighted by molar-refractivity contribution is -0.290. The molecule has 0 saturated heterocycles. The van der Waals surface area contributed by atoms with Crippen LogP contribution in [0.5, 0.6) is 0 Å². The number of fused-ring (bicyclic) bond motifs is 1. The third-order valence-electron chi connectivity index (χ3n) is 9.93. The van der Waals surface area contributed by atoms with Crippen molar-refractivity contribution in [1.82, 2.24) is 0 Å². The minimum Gasteiger partial charge on any atom is -0.393 e. The summed E-state index contributed by atoms with van der Waals surface area (Å²) in [5.74, 6) is -3.94. The molecular weight excluding hydrogens is 524 g/mol. The van der Waals surface area contributed by atoms with Gasteiger partial charge in [0.1, 0.15) is 0 Å². The molecule has 7 atom stereocenters. The van der Waals surface area contributed by atoms with Crippen molar-refractivity contribution in [3.8, 4) is 0 Å². The van der Waals surface area contributed by atoms with E-state index in [0.717, 1.165) is 43.8 Å². The van der Waals surface area contributed by atoms with Crippen molar-refractivity contribution < 1.29 is 38.0 Å². The second-order valence-electron chi connectivity index (χ2n) is 13.7. The van der Waals surface area contributed by atoms with Crippen molar-refractivity contribution >= 4 is 0 Å². The van der Waals surface area contributed by atoms with E-state index in [4.69, 9.17) is 0 Å². The summed E-state index contributed by atoms with van der Waals surface area (Å²) in [6, 6.07) is 0. The van der Waals surface area contributed by atoms with Crippen LogP contribution >= 0.6 is 0 Å². The van der Waals surface area contributed by atoms with E-state index < -0.39 is 35.3 Å². The van der Waals surface area contributed by atoms with Crippen LogP contribution in [0.25, 0.3) is 0 Å². The summed E-state index contributed by atoms with van der Waals surface area (Å²) in [6.45, 7) is 11.8. The topological polar surface area (TPSA) is 80.9 Å². The SMILES string of the molecule is C=C1C(=CC=C2CCC[C@@]3(C)C2CCC3[C@@](C)(CC=CC(O)(F)C(F)(F)F)CCCC(C)(C)O)C[C@@H](O)C[C@@H]1O. The molecule has 0 amide bonds. The fourth-order valence-electron chi connectivity index (χ4n) is 7.77. The number of hydrogen-bond donors (Lipinski definition) is 4. The Hall–Kier alpha value is -1.48. The van der Waals surface area contributed by atoms with Gasteiger partial charge in [-0.3, -0.25) is 0 Å². The van der Waals surface area contributed by atoms with E-state index in [1.54, 1.807) is 13.8 Å². The summed E-state index contributed by atoms with van der Waals surface area (Å²) in [5, 5.41) is 39.9. The van der Waals surface area contributed by atoms with Crippen LogP contribution in [0.4, 0.5) is 17.6 Å². The van der Waals surface area contributed by atoms with Crippen molar-refractivity contribution in [3.05, 3.63) is 47.6 Å². The first-order chi connectivity index (χ1) is 18.3. The highest BCUT2D eigenvalue weighted by Crippen LogP contribution is 2.63. The van der Waals surface area contributed by atoms with Gasteiger partial charge in [0, 0.05) is 6.42 Å². The number of rotatable bonds is 9. The maximum atomic E-state index is 13.9. The van der Waals surface area contributed by atoms with Gasteiger partial charge in [0.05, 0.1) is 17.8 Å². The monoisotopic (exact) mass is 572 g/mol. The van der Waals surface area contributed by atoms with E-state index in [2.05, 4.69) is 26.5 Å². The lowest BCUT2D eigenvalue weighted by Gasteiger charge is -2.49. The molecule has 0 aromatic carbocycles. The second-order valence-corrected chi connectivity index (χ2v) is 13.7. The fourth-order valence-corrected chi connectivity index (χ4v) is 7.77. The molecule has 0 bridgehead atoms. The molecule has 4 nitrogen and oxygen atoms in total. The summed E-state index contributed by atoms with van der Waals surface area (Å²) in [4.78, 5) is 0. The Morgan fingerprint density at radius 2 is 1.70 bits per heavy atom. The normalized spacial score (nSPS) is 35.2. The molecule has 3 aliphatic carbocycles. The zero-order chi connectivity index (χ0) is 30.1. The first kappa shape index (κ1) is 33.0. The molecule has 3 aliphatic rings. The van der Waals surface area contributed by atoms with Crippen LogP contribution in [0, 0.1) is 22.7 Å². The average molecular weight is 573 g/mol. The molecule has 0 heterocycles. The highest BCUT2D eigenvalue weighted by molar-refractivity contribution is 5.38. The highest BCUT2D eigenvalue weighted by atomic mass is 19.4. The minimum absolute atomic E-state index is 0.113. The van der Waals surface area contributed by atoms with Crippen molar-refractivity contribution in [2.45, 2.75) is 128 Å². The van der Waals surface area contributed by atoms with Crippen molar-refractivity contribution in [2.24, 2.45) is 22.7 Å². The van der Waals surface area contributed by atoms with Gasteiger partial charge in [-0.15, -0.1) is 0 Å².